The number of rotatable bonds is 2. The number of nitrogens with zero attached hydrogens (tertiary/aromatic N) is 1. The van der Waals surface area contributed by atoms with Gasteiger partial charge in [-0.15, -0.1) is 0 Å². The van der Waals surface area contributed by atoms with E-state index < -0.39 is 5.97 Å². The fourth-order valence-electron chi connectivity index (χ4n) is 1.83. The maximum absolute atomic E-state index is 12.0. The minimum absolute atomic E-state index is 0.134. The van der Waals surface area contributed by atoms with Crippen LogP contribution in [-0.2, 0) is 4.74 Å². The van der Waals surface area contributed by atoms with Gasteiger partial charge in [0.05, 0.1) is 12.7 Å². The topological polar surface area (TPSA) is 46.6 Å². The number of carbonyl (C=O) groups excluding carboxylic acids is 2. The van der Waals surface area contributed by atoms with Gasteiger partial charge in [-0.25, -0.2) is 4.79 Å². The quantitative estimate of drug-likeness (QED) is 0.607. The molecule has 118 valence electrons. The van der Waals surface area contributed by atoms with E-state index in [1.54, 1.807) is 20.2 Å². The van der Waals surface area contributed by atoms with Gasteiger partial charge >= 0.3 is 5.97 Å². The molecule has 0 saturated heterocycles. The number of carbonyl (C=O) groups is 2. The van der Waals surface area contributed by atoms with Crippen LogP contribution in [0.15, 0.2) is 41.3 Å². The Balaban J connectivity index is 0.00000116. The summed E-state index contributed by atoms with van der Waals surface area (Å²) < 4.78 is 4.85. The highest BCUT2D eigenvalue weighted by atomic mass is 32.2. The van der Waals surface area contributed by atoms with Gasteiger partial charge in [-0.05, 0) is 28.6 Å². The van der Waals surface area contributed by atoms with E-state index in [-0.39, 0.29) is 5.24 Å². The van der Waals surface area contributed by atoms with Crippen LogP contribution in [-0.4, -0.2) is 37.3 Å². The summed E-state index contributed by atoms with van der Waals surface area (Å²) in [5, 5.41) is 1.59. The van der Waals surface area contributed by atoms with Crippen molar-refractivity contribution in [2.75, 3.05) is 21.2 Å². The second-order valence-corrected chi connectivity index (χ2v) is 5.41. The molecule has 0 N–H and O–H groups in total. The molecule has 0 spiro atoms. The van der Waals surface area contributed by atoms with Crippen molar-refractivity contribution in [2.45, 2.75) is 18.7 Å². The van der Waals surface area contributed by atoms with Crippen LogP contribution in [0.1, 0.15) is 24.2 Å². The zero-order chi connectivity index (χ0) is 16.7. The Morgan fingerprint density at radius 2 is 1.68 bits per heavy atom. The highest BCUT2D eigenvalue weighted by Gasteiger charge is 2.19. The lowest BCUT2D eigenvalue weighted by molar-refractivity contribution is 0.0599. The number of methoxy groups -OCH3 is 1. The van der Waals surface area contributed by atoms with E-state index >= 15 is 0 Å². The van der Waals surface area contributed by atoms with Crippen molar-refractivity contribution in [3.05, 3.63) is 42.0 Å². The summed E-state index contributed by atoms with van der Waals surface area (Å²) in [5.41, 5.74) is 0.436. The summed E-state index contributed by atoms with van der Waals surface area (Å²) in [6.45, 7) is 4.00. The van der Waals surface area contributed by atoms with Gasteiger partial charge in [-0.1, -0.05) is 44.2 Å². The molecule has 0 fully saturated rings. The van der Waals surface area contributed by atoms with Gasteiger partial charge in [0.2, 0.25) is 0 Å². The zero-order valence-corrected chi connectivity index (χ0v) is 14.4. The van der Waals surface area contributed by atoms with Gasteiger partial charge in [0, 0.05) is 19.0 Å². The molecule has 0 aliphatic rings. The van der Waals surface area contributed by atoms with Crippen molar-refractivity contribution in [3.63, 3.8) is 0 Å². The van der Waals surface area contributed by atoms with Crippen LogP contribution in [0.3, 0.4) is 0 Å². The monoisotopic (exact) mass is 319 g/mol. The Bertz CT molecular complexity index is 668. The summed E-state index contributed by atoms with van der Waals surface area (Å²) in [6, 6.07) is 11.2. The number of benzene rings is 2. The second-order valence-electron chi connectivity index (χ2n) is 4.41. The lowest BCUT2D eigenvalue weighted by Crippen LogP contribution is -2.17. The van der Waals surface area contributed by atoms with Crippen LogP contribution in [0.5, 0.6) is 0 Å². The normalized spacial score (nSPS) is 9.68. The van der Waals surface area contributed by atoms with Crippen molar-refractivity contribution < 1.29 is 14.3 Å². The number of thioether (sulfide) groups is 1. The largest absolute Gasteiger partial charge is 0.465 e. The highest BCUT2D eigenvalue weighted by molar-refractivity contribution is 8.13. The molecule has 2 aromatic carbocycles. The lowest BCUT2D eigenvalue weighted by atomic mass is 10.0. The highest BCUT2D eigenvalue weighted by Crippen LogP contribution is 2.31. The van der Waals surface area contributed by atoms with Gasteiger partial charge in [0.1, 0.15) is 0 Å². The summed E-state index contributed by atoms with van der Waals surface area (Å²) in [7, 11) is 4.69. The molecule has 22 heavy (non-hydrogen) atoms. The van der Waals surface area contributed by atoms with Crippen LogP contribution >= 0.6 is 11.8 Å². The number of esters is 1. The number of hydrogen-bond donors (Lipinski definition) is 0. The van der Waals surface area contributed by atoms with E-state index in [0.29, 0.717) is 10.5 Å². The van der Waals surface area contributed by atoms with Crippen molar-refractivity contribution in [1.29, 1.82) is 0 Å². The van der Waals surface area contributed by atoms with E-state index in [0.717, 1.165) is 22.5 Å². The Kier molecular flexibility index (Phi) is 6.92. The van der Waals surface area contributed by atoms with Crippen molar-refractivity contribution in [2.24, 2.45) is 0 Å². The molecule has 4 nitrogen and oxygen atoms in total. The Morgan fingerprint density at radius 3 is 2.27 bits per heavy atom. The second kappa shape index (κ2) is 8.44. The van der Waals surface area contributed by atoms with Crippen LogP contribution in [0, 0.1) is 0 Å². The van der Waals surface area contributed by atoms with E-state index in [2.05, 4.69) is 0 Å². The molecule has 0 unspecified atom stereocenters. The molecule has 0 bridgehead atoms. The average Bonchev–Trinajstić information content (AvgIpc) is 2.55. The molecule has 0 saturated carbocycles. The molecule has 0 aromatic heterocycles. The lowest BCUT2D eigenvalue weighted by Gasteiger charge is -2.13. The molecule has 0 atom stereocenters. The fourth-order valence-corrected chi connectivity index (χ4v) is 2.64. The zero-order valence-electron chi connectivity index (χ0n) is 13.5. The number of fused-ring (bicyclic) bond motifs is 1. The maximum atomic E-state index is 12.0. The molecule has 2 aromatic rings. The number of ether oxygens (including phenoxy) is 1. The minimum atomic E-state index is -0.434. The van der Waals surface area contributed by atoms with Gasteiger partial charge < -0.3 is 9.64 Å². The third-order valence-corrected chi connectivity index (χ3v) is 3.94. The summed E-state index contributed by atoms with van der Waals surface area (Å²) in [5.74, 6) is -0.434. The first-order valence-corrected chi connectivity index (χ1v) is 7.85. The standard InChI is InChI=1S/C15H15NO3S.C2H6/c1-16(2)15(18)20-12-9-8-10-6-4-5-7-11(10)13(12)14(17)19-3;1-2/h4-9H,1-3H3;1-2H3. The third kappa shape index (κ3) is 4.01. The summed E-state index contributed by atoms with van der Waals surface area (Å²) >= 11 is 1.02. The summed E-state index contributed by atoms with van der Waals surface area (Å²) in [6.07, 6.45) is 0. The Labute approximate surface area is 135 Å². The first kappa shape index (κ1) is 18.0. The molecule has 2 rings (SSSR count). The molecule has 5 heteroatoms. The van der Waals surface area contributed by atoms with Crippen molar-refractivity contribution in [1.82, 2.24) is 4.90 Å². The van der Waals surface area contributed by atoms with Gasteiger partial charge in [-0.3, -0.25) is 4.79 Å². The van der Waals surface area contributed by atoms with E-state index in [1.165, 1.54) is 12.0 Å². The molecule has 0 heterocycles. The predicted octanol–water partition coefficient (Wildman–Crippen LogP) is 4.43. The van der Waals surface area contributed by atoms with E-state index in [4.69, 9.17) is 4.74 Å². The molecule has 0 aliphatic carbocycles. The minimum Gasteiger partial charge on any atom is -0.465 e. The van der Waals surface area contributed by atoms with Gasteiger partial charge in [0.25, 0.3) is 5.24 Å². The van der Waals surface area contributed by atoms with Crippen LogP contribution in [0.25, 0.3) is 10.8 Å². The molecule has 1 amide bonds. The SMILES string of the molecule is CC.COC(=O)c1c(SC(=O)N(C)C)ccc2ccccc12. The molecule has 0 radical (unpaired) electrons. The van der Waals surface area contributed by atoms with Gasteiger partial charge in [0.15, 0.2) is 0 Å². The Hall–Kier alpha value is -2.01. The summed E-state index contributed by atoms with van der Waals surface area (Å²) in [4.78, 5) is 26.0. The van der Waals surface area contributed by atoms with Crippen LogP contribution in [0.2, 0.25) is 0 Å². The molecular formula is C17H21NO3S. The fraction of sp³-hybridized carbons (Fsp3) is 0.294. The number of hydrogen-bond acceptors (Lipinski definition) is 4. The van der Waals surface area contributed by atoms with Crippen LogP contribution in [0.4, 0.5) is 4.79 Å². The first-order valence-electron chi connectivity index (χ1n) is 7.03. The average molecular weight is 319 g/mol. The van der Waals surface area contributed by atoms with Crippen molar-refractivity contribution in [3.8, 4) is 0 Å². The number of amides is 1. The molecular weight excluding hydrogens is 298 g/mol. The first-order chi connectivity index (χ1) is 10.5. The Morgan fingerprint density at radius 1 is 1.05 bits per heavy atom. The van der Waals surface area contributed by atoms with E-state index in [1.807, 2.05) is 44.2 Å². The van der Waals surface area contributed by atoms with Crippen molar-refractivity contribution >= 4 is 33.7 Å². The third-order valence-electron chi connectivity index (χ3n) is 2.84. The van der Waals surface area contributed by atoms with Gasteiger partial charge in [-0.2, -0.15) is 0 Å². The molecule has 0 aliphatic heterocycles. The predicted molar refractivity (Wildman–Crippen MR) is 91.6 cm³/mol. The maximum Gasteiger partial charge on any atom is 0.339 e. The van der Waals surface area contributed by atoms with Crippen LogP contribution < -0.4 is 0 Å². The smallest absolute Gasteiger partial charge is 0.339 e. The van der Waals surface area contributed by atoms with E-state index in [9.17, 15) is 9.59 Å².